The van der Waals surface area contributed by atoms with Gasteiger partial charge >= 0.3 is 6.18 Å². The van der Waals surface area contributed by atoms with Gasteiger partial charge in [0.1, 0.15) is 5.75 Å². The Morgan fingerprint density at radius 3 is 2.15 bits per heavy atom. The highest BCUT2D eigenvalue weighted by molar-refractivity contribution is 9.10. The Balaban J connectivity index is 1.64. The minimum Gasteiger partial charge on any atom is -0.492 e. The number of amides is 2. The van der Waals surface area contributed by atoms with Crippen LogP contribution in [0.3, 0.4) is 0 Å². The number of carbonyl (C=O) groups excluding carboxylic acids is 2. The molecule has 2 N–H and O–H groups in total. The Morgan fingerprint density at radius 1 is 0.879 bits per heavy atom. The van der Waals surface area contributed by atoms with Crippen LogP contribution in [0.25, 0.3) is 0 Å². The molecule has 9 heteroatoms. The maximum atomic E-state index is 12.8. The van der Waals surface area contributed by atoms with Gasteiger partial charge in [0, 0.05) is 22.5 Å². The molecule has 0 bridgehead atoms. The molecule has 0 aromatic heterocycles. The number of alkyl halides is 3. The van der Waals surface area contributed by atoms with Crippen LogP contribution in [0.2, 0.25) is 0 Å². The number of rotatable bonds is 7. The maximum absolute atomic E-state index is 12.8. The molecule has 0 fully saturated rings. The van der Waals surface area contributed by atoms with E-state index in [1.165, 1.54) is 36.4 Å². The van der Waals surface area contributed by atoms with Crippen molar-refractivity contribution in [3.63, 3.8) is 0 Å². The average molecular weight is 521 g/mol. The molecule has 2 amide bonds. The molecule has 5 nitrogen and oxygen atoms in total. The van der Waals surface area contributed by atoms with Crippen LogP contribution in [-0.4, -0.2) is 18.4 Å². The van der Waals surface area contributed by atoms with Crippen molar-refractivity contribution in [2.75, 3.05) is 17.2 Å². The van der Waals surface area contributed by atoms with E-state index in [2.05, 4.69) is 26.6 Å². The normalized spacial score (nSPS) is 11.1. The second-order valence-corrected chi connectivity index (χ2v) is 7.91. The fourth-order valence-corrected chi connectivity index (χ4v) is 3.35. The van der Waals surface area contributed by atoms with Crippen LogP contribution in [0.15, 0.2) is 71.2 Å². The number of benzene rings is 3. The maximum Gasteiger partial charge on any atom is 0.416 e. The monoisotopic (exact) mass is 520 g/mol. The van der Waals surface area contributed by atoms with Crippen molar-refractivity contribution in [3.05, 3.63) is 87.9 Å². The molecule has 0 aliphatic carbocycles. The third-order valence-corrected chi connectivity index (χ3v) is 5.13. The Kier molecular flexibility index (Phi) is 7.75. The van der Waals surface area contributed by atoms with E-state index in [9.17, 15) is 22.8 Å². The second-order valence-electron chi connectivity index (χ2n) is 7.06. The zero-order valence-corrected chi connectivity index (χ0v) is 19.1. The molecule has 0 aliphatic heterocycles. The van der Waals surface area contributed by atoms with E-state index in [0.717, 1.165) is 18.6 Å². The lowest BCUT2D eigenvalue weighted by atomic mass is 10.1. The van der Waals surface area contributed by atoms with Crippen LogP contribution in [0, 0.1) is 0 Å². The molecule has 0 heterocycles. The molecular weight excluding hydrogens is 501 g/mol. The molecule has 0 saturated carbocycles. The predicted molar refractivity (Wildman–Crippen MR) is 124 cm³/mol. The van der Waals surface area contributed by atoms with Crippen molar-refractivity contribution < 1.29 is 27.5 Å². The Labute approximate surface area is 197 Å². The average Bonchev–Trinajstić information content (AvgIpc) is 2.78. The number of halogens is 4. The van der Waals surface area contributed by atoms with Crippen LogP contribution in [0.4, 0.5) is 24.5 Å². The number of nitrogens with one attached hydrogen (secondary N) is 2. The lowest BCUT2D eigenvalue weighted by Gasteiger charge is -2.11. The Bertz CT molecular complexity index is 1150. The first kappa shape index (κ1) is 24.3. The molecular formula is C24H20BrF3N2O3. The van der Waals surface area contributed by atoms with E-state index in [4.69, 9.17) is 4.74 Å². The number of ether oxygens (including phenoxy) is 1. The highest BCUT2D eigenvalue weighted by atomic mass is 79.9. The Hall–Kier alpha value is -3.33. The van der Waals surface area contributed by atoms with Gasteiger partial charge in [-0.2, -0.15) is 13.2 Å². The standard InChI is InChI=1S/C24H20BrF3N2O3/c1-2-12-33-21-11-8-16(13-20(21)25)23(32)29-18-9-6-15(7-10-18)22(31)30-19-5-3-4-17(14-19)24(26,27)28/h3-11,13-14H,2,12H2,1H3,(H,29,32)(H,30,31). The molecule has 3 rings (SSSR count). The molecule has 0 spiro atoms. The summed E-state index contributed by atoms with van der Waals surface area (Å²) in [6.07, 6.45) is -3.64. The third kappa shape index (κ3) is 6.58. The smallest absolute Gasteiger partial charge is 0.416 e. The number of carbonyl (C=O) groups is 2. The molecule has 0 saturated heterocycles. The van der Waals surface area contributed by atoms with E-state index < -0.39 is 17.6 Å². The largest absolute Gasteiger partial charge is 0.492 e. The van der Waals surface area contributed by atoms with Crippen LogP contribution in [-0.2, 0) is 6.18 Å². The summed E-state index contributed by atoms with van der Waals surface area (Å²) < 4.78 is 44.7. The summed E-state index contributed by atoms with van der Waals surface area (Å²) in [6.45, 7) is 2.56. The molecule has 172 valence electrons. The molecule has 33 heavy (non-hydrogen) atoms. The molecule has 0 atom stereocenters. The first-order valence-electron chi connectivity index (χ1n) is 9.99. The molecule has 3 aromatic rings. The lowest BCUT2D eigenvalue weighted by Crippen LogP contribution is -2.14. The molecule has 0 radical (unpaired) electrons. The zero-order valence-electron chi connectivity index (χ0n) is 17.5. The van der Waals surface area contributed by atoms with Crippen LogP contribution >= 0.6 is 15.9 Å². The summed E-state index contributed by atoms with van der Waals surface area (Å²) in [5, 5.41) is 5.17. The van der Waals surface area contributed by atoms with Crippen LogP contribution in [0.1, 0.15) is 39.6 Å². The molecule has 3 aromatic carbocycles. The van der Waals surface area contributed by atoms with Gasteiger partial charge in [-0.1, -0.05) is 13.0 Å². The van der Waals surface area contributed by atoms with Crippen molar-refractivity contribution in [1.82, 2.24) is 0 Å². The van der Waals surface area contributed by atoms with Gasteiger partial charge in [0.05, 0.1) is 16.6 Å². The summed E-state index contributed by atoms with van der Waals surface area (Å²) in [5.41, 5.74) is 0.278. The van der Waals surface area contributed by atoms with E-state index in [0.29, 0.717) is 28.1 Å². The van der Waals surface area contributed by atoms with Gasteiger partial charge in [0.15, 0.2) is 0 Å². The fraction of sp³-hybridized carbons (Fsp3) is 0.167. The minimum absolute atomic E-state index is 0.0316. The Morgan fingerprint density at radius 2 is 1.52 bits per heavy atom. The van der Waals surface area contributed by atoms with Gasteiger partial charge in [-0.25, -0.2) is 0 Å². The van der Waals surface area contributed by atoms with Crippen molar-refractivity contribution in [2.24, 2.45) is 0 Å². The van der Waals surface area contributed by atoms with Crippen molar-refractivity contribution in [2.45, 2.75) is 19.5 Å². The zero-order chi connectivity index (χ0) is 24.0. The first-order chi connectivity index (χ1) is 15.7. The second kappa shape index (κ2) is 10.5. The number of hydrogen-bond acceptors (Lipinski definition) is 3. The van der Waals surface area contributed by atoms with Gasteiger partial charge in [-0.3, -0.25) is 9.59 Å². The SMILES string of the molecule is CCCOc1ccc(C(=O)Nc2ccc(C(=O)Nc3cccc(C(F)(F)F)c3)cc2)cc1Br. The van der Waals surface area contributed by atoms with Crippen LogP contribution < -0.4 is 15.4 Å². The topological polar surface area (TPSA) is 67.4 Å². The van der Waals surface area contributed by atoms with Gasteiger partial charge in [0.2, 0.25) is 0 Å². The summed E-state index contributed by atoms with van der Waals surface area (Å²) >= 11 is 3.39. The van der Waals surface area contributed by atoms with Crippen molar-refractivity contribution in [3.8, 4) is 5.75 Å². The highest BCUT2D eigenvalue weighted by Crippen LogP contribution is 2.31. The predicted octanol–water partition coefficient (Wildman–Crippen LogP) is 6.76. The van der Waals surface area contributed by atoms with Gasteiger partial charge in [-0.15, -0.1) is 0 Å². The van der Waals surface area contributed by atoms with E-state index >= 15 is 0 Å². The van der Waals surface area contributed by atoms with Crippen LogP contribution in [0.5, 0.6) is 5.75 Å². The lowest BCUT2D eigenvalue weighted by molar-refractivity contribution is -0.137. The van der Waals surface area contributed by atoms with Gasteiger partial charge in [-0.05, 0) is 83.0 Å². The number of anilines is 2. The molecule has 0 unspecified atom stereocenters. The van der Waals surface area contributed by atoms with Crippen molar-refractivity contribution in [1.29, 1.82) is 0 Å². The highest BCUT2D eigenvalue weighted by Gasteiger charge is 2.30. The van der Waals surface area contributed by atoms with E-state index in [1.54, 1.807) is 18.2 Å². The van der Waals surface area contributed by atoms with Crippen molar-refractivity contribution >= 4 is 39.1 Å². The quantitative estimate of drug-likeness (QED) is 0.361. The fourth-order valence-electron chi connectivity index (χ4n) is 2.86. The number of hydrogen-bond donors (Lipinski definition) is 2. The van der Waals surface area contributed by atoms with Gasteiger partial charge in [0.25, 0.3) is 11.8 Å². The molecule has 0 aliphatic rings. The summed E-state index contributed by atoms with van der Waals surface area (Å²) in [6, 6.07) is 15.4. The summed E-state index contributed by atoms with van der Waals surface area (Å²) in [7, 11) is 0. The first-order valence-corrected chi connectivity index (χ1v) is 10.8. The van der Waals surface area contributed by atoms with E-state index in [-0.39, 0.29) is 17.2 Å². The minimum atomic E-state index is -4.50. The summed E-state index contributed by atoms with van der Waals surface area (Å²) in [4.78, 5) is 24.9. The van der Waals surface area contributed by atoms with Gasteiger partial charge < -0.3 is 15.4 Å². The third-order valence-electron chi connectivity index (χ3n) is 4.51. The van der Waals surface area contributed by atoms with E-state index in [1.807, 2.05) is 6.92 Å². The summed E-state index contributed by atoms with van der Waals surface area (Å²) in [5.74, 6) is -0.276.